The molecular formula is C17H21N5O2S. The van der Waals surface area contributed by atoms with Gasteiger partial charge in [0.25, 0.3) is 0 Å². The topological polar surface area (TPSA) is 67.0 Å². The van der Waals surface area contributed by atoms with Gasteiger partial charge in [0, 0.05) is 38.8 Å². The van der Waals surface area contributed by atoms with E-state index in [1.807, 2.05) is 34.5 Å². The molecule has 0 aliphatic rings. The molecule has 0 fully saturated rings. The van der Waals surface area contributed by atoms with Crippen molar-refractivity contribution in [2.24, 2.45) is 7.05 Å². The first-order valence-electron chi connectivity index (χ1n) is 7.93. The highest BCUT2D eigenvalue weighted by atomic mass is 32.2. The van der Waals surface area contributed by atoms with Crippen molar-refractivity contribution in [2.75, 3.05) is 13.7 Å². The average molecular weight is 359 g/mol. The van der Waals surface area contributed by atoms with Crippen LogP contribution in [0.1, 0.15) is 11.4 Å². The summed E-state index contributed by atoms with van der Waals surface area (Å²) < 4.78 is 14.8. The van der Waals surface area contributed by atoms with E-state index >= 15 is 0 Å². The molecule has 0 atom stereocenters. The molecule has 0 spiro atoms. The number of hydrogen-bond donors (Lipinski definition) is 0. The van der Waals surface area contributed by atoms with Crippen LogP contribution in [-0.2, 0) is 30.7 Å². The van der Waals surface area contributed by atoms with Crippen LogP contribution in [0.4, 0.5) is 0 Å². The number of rotatable bonds is 9. The maximum absolute atomic E-state index is 5.77. The van der Waals surface area contributed by atoms with E-state index in [2.05, 4.69) is 27.3 Å². The summed E-state index contributed by atoms with van der Waals surface area (Å²) in [4.78, 5) is 4.25. The second kappa shape index (κ2) is 8.68. The van der Waals surface area contributed by atoms with Crippen molar-refractivity contribution in [1.29, 1.82) is 0 Å². The van der Waals surface area contributed by atoms with Crippen LogP contribution in [0.5, 0.6) is 5.75 Å². The Kier molecular flexibility index (Phi) is 6.08. The smallest absolute Gasteiger partial charge is 0.191 e. The molecule has 0 N–H and O–H groups in total. The van der Waals surface area contributed by atoms with Crippen molar-refractivity contribution >= 4 is 11.8 Å². The fourth-order valence-electron chi connectivity index (χ4n) is 2.21. The zero-order valence-corrected chi connectivity index (χ0v) is 15.1. The van der Waals surface area contributed by atoms with Crippen LogP contribution < -0.4 is 4.74 Å². The average Bonchev–Trinajstić information content (AvgIpc) is 3.25. The van der Waals surface area contributed by atoms with Gasteiger partial charge in [0.15, 0.2) is 5.16 Å². The standard InChI is InChI=1S/C17H21N5O2S/c1-21-8-7-18-16(21)11-24-15-5-3-14(4-6-15)12-25-17-20-19-13-22(17)9-10-23-2/h3-8,13H,9-12H2,1-2H3. The number of aromatic nitrogens is 5. The molecule has 25 heavy (non-hydrogen) atoms. The third kappa shape index (κ3) is 4.83. The van der Waals surface area contributed by atoms with E-state index in [1.165, 1.54) is 5.56 Å². The molecule has 2 heterocycles. The molecule has 3 rings (SSSR count). The van der Waals surface area contributed by atoms with Crippen molar-refractivity contribution in [3.8, 4) is 5.75 Å². The van der Waals surface area contributed by atoms with Gasteiger partial charge in [-0.2, -0.15) is 0 Å². The summed E-state index contributed by atoms with van der Waals surface area (Å²) in [6.07, 6.45) is 5.41. The Balaban J connectivity index is 1.51. The van der Waals surface area contributed by atoms with Gasteiger partial charge < -0.3 is 18.6 Å². The molecule has 2 aromatic heterocycles. The molecule has 132 valence electrons. The molecule has 0 radical (unpaired) electrons. The quantitative estimate of drug-likeness (QED) is 0.547. The number of benzene rings is 1. The lowest BCUT2D eigenvalue weighted by Gasteiger charge is -2.08. The van der Waals surface area contributed by atoms with Crippen LogP contribution in [0, 0.1) is 0 Å². The molecule has 0 saturated carbocycles. The van der Waals surface area contributed by atoms with Gasteiger partial charge in [-0.3, -0.25) is 0 Å². The molecule has 7 nitrogen and oxygen atoms in total. The van der Waals surface area contributed by atoms with E-state index in [9.17, 15) is 0 Å². The Hall–Kier alpha value is -2.32. The monoisotopic (exact) mass is 359 g/mol. The fourth-order valence-corrected chi connectivity index (χ4v) is 3.11. The lowest BCUT2D eigenvalue weighted by Crippen LogP contribution is -2.04. The van der Waals surface area contributed by atoms with Gasteiger partial charge >= 0.3 is 0 Å². The summed E-state index contributed by atoms with van der Waals surface area (Å²) in [6.45, 7) is 1.86. The molecule has 0 saturated heterocycles. The lowest BCUT2D eigenvalue weighted by molar-refractivity contribution is 0.184. The van der Waals surface area contributed by atoms with Gasteiger partial charge in [-0.15, -0.1) is 10.2 Å². The SMILES string of the molecule is COCCn1cnnc1SCc1ccc(OCc2nccn2C)cc1. The van der Waals surface area contributed by atoms with Crippen molar-refractivity contribution in [3.63, 3.8) is 0 Å². The molecule has 1 aromatic carbocycles. The summed E-state index contributed by atoms with van der Waals surface area (Å²) in [5, 5.41) is 9.02. The number of ether oxygens (including phenoxy) is 2. The Bertz CT molecular complexity index is 784. The summed E-state index contributed by atoms with van der Waals surface area (Å²) in [7, 11) is 3.64. The Morgan fingerprint density at radius 3 is 2.76 bits per heavy atom. The summed E-state index contributed by atoms with van der Waals surface area (Å²) >= 11 is 1.66. The van der Waals surface area contributed by atoms with E-state index in [0.717, 1.165) is 29.0 Å². The van der Waals surface area contributed by atoms with E-state index in [1.54, 1.807) is 31.4 Å². The van der Waals surface area contributed by atoms with Crippen LogP contribution in [-0.4, -0.2) is 38.0 Å². The van der Waals surface area contributed by atoms with Gasteiger partial charge in [0.05, 0.1) is 6.61 Å². The fraction of sp³-hybridized carbons (Fsp3) is 0.353. The molecule has 0 amide bonds. The number of methoxy groups -OCH3 is 1. The zero-order chi connectivity index (χ0) is 17.5. The highest BCUT2D eigenvalue weighted by Crippen LogP contribution is 2.22. The Morgan fingerprint density at radius 1 is 1.20 bits per heavy atom. The number of thioether (sulfide) groups is 1. The first-order chi connectivity index (χ1) is 12.3. The second-order valence-electron chi connectivity index (χ2n) is 5.48. The predicted molar refractivity (Wildman–Crippen MR) is 95.4 cm³/mol. The summed E-state index contributed by atoms with van der Waals surface area (Å²) in [6, 6.07) is 8.09. The highest BCUT2D eigenvalue weighted by Gasteiger charge is 2.06. The Morgan fingerprint density at radius 2 is 2.04 bits per heavy atom. The van der Waals surface area contributed by atoms with Crippen molar-refractivity contribution < 1.29 is 9.47 Å². The van der Waals surface area contributed by atoms with Crippen LogP contribution in [0.2, 0.25) is 0 Å². The molecule has 0 aliphatic heterocycles. The molecule has 0 aliphatic carbocycles. The minimum absolute atomic E-state index is 0.459. The summed E-state index contributed by atoms with van der Waals surface area (Å²) in [5.41, 5.74) is 1.20. The number of aryl methyl sites for hydroxylation is 1. The normalized spacial score (nSPS) is 11.0. The van der Waals surface area contributed by atoms with Gasteiger partial charge in [0.2, 0.25) is 0 Å². The van der Waals surface area contributed by atoms with E-state index in [-0.39, 0.29) is 0 Å². The summed E-state index contributed by atoms with van der Waals surface area (Å²) in [5.74, 6) is 2.56. The zero-order valence-electron chi connectivity index (χ0n) is 14.3. The Labute approximate surface area is 151 Å². The van der Waals surface area contributed by atoms with Crippen LogP contribution in [0.25, 0.3) is 0 Å². The number of nitrogens with zero attached hydrogens (tertiary/aromatic N) is 5. The highest BCUT2D eigenvalue weighted by molar-refractivity contribution is 7.98. The van der Waals surface area contributed by atoms with E-state index in [0.29, 0.717) is 13.2 Å². The van der Waals surface area contributed by atoms with Gasteiger partial charge in [-0.25, -0.2) is 4.98 Å². The minimum atomic E-state index is 0.459. The van der Waals surface area contributed by atoms with Crippen molar-refractivity contribution in [3.05, 3.63) is 54.4 Å². The second-order valence-corrected chi connectivity index (χ2v) is 6.42. The van der Waals surface area contributed by atoms with Gasteiger partial charge in [-0.05, 0) is 17.7 Å². The van der Waals surface area contributed by atoms with Gasteiger partial charge in [0.1, 0.15) is 24.5 Å². The first kappa shape index (κ1) is 17.5. The van der Waals surface area contributed by atoms with Crippen LogP contribution in [0.3, 0.4) is 0 Å². The maximum Gasteiger partial charge on any atom is 0.191 e. The van der Waals surface area contributed by atoms with Crippen LogP contribution in [0.15, 0.2) is 48.1 Å². The maximum atomic E-state index is 5.77. The third-order valence-corrected chi connectivity index (χ3v) is 4.75. The van der Waals surface area contributed by atoms with E-state index in [4.69, 9.17) is 9.47 Å². The molecule has 3 aromatic rings. The first-order valence-corrected chi connectivity index (χ1v) is 8.92. The number of imidazole rings is 1. The number of hydrogen-bond acceptors (Lipinski definition) is 6. The van der Waals surface area contributed by atoms with Crippen molar-refractivity contribution in [2.45, 2.75) is 24.1 Å². The molecule has 0 unspecified atom stereocenters. The largest absolute Gasteiger partial charge is 0.486 e. The molecular weight excluding hydrogens is 338 g/mol. The van der Waals surface area contributed by atoms with Crippen molar-refractivity contribution in [1.82, 2.24) is 24.3 Å². The van der Waals surface area contributed by atoms with Gasteiger partial charge in [-0.1, -0.05) is 23.9 Å². The lowest BCUT2D eigenvalue weighted by atomic mass is 10.2. The third-order valence-electron chi connectivity index (χ3n) is 3.70. The van der Waals surface area contributed by atoms with E-state index < -0.39 is 0 Å². The van der Waals surface area contributed by atoms with Crippen LogP contribution >= 0.6 is 11.8 Å². The minimum Gasteiger partial charge on any atom is -0.486 e. The molecule has 8 heteroatoms. The predicted octanol–water partition coefficient (Wildman–Crippen LogP) is 2.53. The molecule has 0 bridgehead atoms.